The first-order valence-corrected chi connectivity index (χ1v) is 11.8. The Hall–Kier alpha value is -1.70. The molecular formula is C19H23ClN2O3S2. The average Bonchev–Trinajstić information content (AvgIpc) is 2.61. The molecule has 0 heterocycles. The number of nitrogens with one attached hydrogen (secondary N) is 1. The van der Waals surface area contributed by atoms with E-state index < -0.39 is 16.1 Å². The van der Waals surface area contributed by atoms with Gasteiger partial charge in [-0.1, -0.05) is 30.7 Å². The first kappa shape index (κ1) is 21.6. The number of thioether (sulfide) groups is 1. The third kappa shape index (κ3) is 5.40. The maximum Gasteiger partial charge on any atom is 0.248 e. The molecule has 0 radical (unpaired) electrons. The molecule has 8 heteroatoms. The Morgan fingerprint density at radius 1 is 1.26 bits per heavy atom. The number of hydrogen-bond acceptors (Lipinski definition) is 4. The van der Waals surface area contributed by atoms with Crippen molar-refractivity contribution in [1.29, 1.82) is 0 Å². The Morgan fingerprint density at radius 2 is 1.96 bits per heavy atom. The molecule has 27 heavy (non-hydrogen) atoms. The number of hydrogen-bond donors (Lipinski definition) is 1. The minimum absolute atomic E-state index is 0.313. The van der Waals surface area contributed by atoms with Gasteiger partial charge in [0.25, 0.3) is 0 Å². The van der Waals surface area contributed by atoms with Crippen LogP contribution in [0, 0.1) is 6.92 Å². The summed E-state index contributed by atoms with van der Waals surface area (Å²) in [7, 11) is -3.71. The molecule has 0 aliphatic heterocycles. The molecule has 0 unspecified atom stereocenters. The van der Waals surface area contributed by atoms with E-state index in [0.717, 1.165) is 21.0 Å². The fraction of sp³-hybridized carbons (Fsp3) is 0.316. The summed E-state index contributed by atoms with van der Waals surface area (Å²) >= 11 is 7.64. The zero-order chi connectivity index (χ0) is 20.2. The summed E-state index contributed by atoms with van der Waals surface area (Å²) in [5, 5.41) is 3.24. The van der Waals surface area contributed by atoms with E-state index in [2.05, 4.69) is 5.32 Å². The number of sulfonamides is 1. The average molecular weight is 427 g/mol. The van der Waals surface area contributed by atoms with Crippen molar-refractivity contribution in [3.05, 3.63) is 53.1 Å². The van der Waals surface area contributed by atoms with Crippen molar-refractivity contribution in [2.75, 3.05) is 22.1 Å². The zero-order valence-electron chi connectivity index (χ0n) is 15.7. The van der Waals surface area contributed by atoms with E-state index >= 15 is 0 Å². The molecule has 0 aromatic heterocycles. The van der Waals surface area contributed by atoms with Crippen LogP contribution < -0.4 is 9.62 Å². The van der Waals surface area contributed by atoms with Crippen molar-refractivity contribution in [2.45, 2.75) is 31.2 Å². The van der Waals surface area contributed by atoms with Gasteiger partial charge in [0, 0.05) is 15.6 Å². The predicted octanol–water partition coefficient (Wildman–Crippen LogP) is 4.55. The summed E-state index contributed by atoms with van der Waals surface area (Å²) in [6, 6.07) is 11.5. The highest BCUT2D eigenvalue weighted by Crippen LogP contribution is 2.29. The second-order valence-electron chi connectivity index (χ2n) is 6.13. The summed E-state index contributed by atoms with van der Waals surface area (Å²) in [6.45, 7) is 3.57. The van der Waals surface area contributed by atoms with Gasteiger partial charge in [-0.05, 0) is 55.5 Å². The Labute approximate surface area is 170 Å². The molecule has 2 aromatic rings. The van der Waals surface area contributed by atoms with E-state index in [4.69, 9.17) is 11.6 Å². The zero-order valence-corrected chi connectivity index (χ0v) is 18.1. The molecule has 1 amide bonds. The van der Waals surface area contributed by atoms with Crippen LogP contribution in [0.15, 0.2) is 47.4 Å². The monoisotopic (exact) mass is 426 g/mol. The summed E-state index contributed by atoms with van der Waals surface area (Å²) in [6.07, 6.45) is 3.35. The smallest absolute Gasteiger partial charge is 0.248 e. The molecule has 5 nitrogen and oxygen atoms in total. The van der Waals surface area contributed by atoms with Crippen molar-refractivity contribution in [1.82, 2.24) is 0 Å². The van der Waals surface area contributed by atoms with Gasteiger partial charge in [0.2, 0.25) is 15.9 Å². The summed E-state index contributed by atoms with van der Waals surface area (Å²) in [5.74, 6) is -0.388. The molecular weight excluding hydrogens is 404 g/mol. The van der Waals surface area contributed by atoms with Crippen molar-refractivity contribution in [3.63, 3.8) is 0 Å². The van der Waals surface area contributed by atoms with Gasteiger partial charge >= 0.3 is 0 Å². The standard InChI is InChI=1S/C19H23ClN2O3S2/c1-5-17(19(23)21-15-7-6-8-16(12-15)26-3)22(27(4,24)25)18-11-14(20)10-9-13(18)2/h6-12,17H,5H2,1-4H3,(H,21,23)/t17-/m0/s1. The minimum Gasteiger partial charge on any atom is -0.324 e. The van der Waals surface area contributed by atoms with E-state index in [1.807, 2.05) is 24.5 Å². The van der Waals surface area contributed by atoms with Crippen LogP contribution in [0.25, 0.3) is 0 Å². The molecule has 0 saturated carbocycles. The highest BCUT2D eigenvalue weighted by molar-refractivity contribution is 7.98. The van der Waals surface area contributed by atoms with Crippen molar-refractivity contribution in [3.8, 4) is 0 Å². The molecule has 0 saturated heterocycles. The number of benzene rings is 2. The lowest BCUT2D eigenvalue weighted by atomic mass is 10.1. The molecule has 0 spiro atoms. The number of anilines is 2. The molecule has 0 fully saturated rings. The minimum atomic E-state index is -3.71. The van der Waals surface area contributed by atoms with Gasteiger partial charge in [-0.3, -0.25) is 9.10 Å². The Bertz CT molecular complexity index is 932. The molecule has 1 N–H and O–H groups in total. The highest BCUT2D eigenvalue weighted by Gasteiger charge is 2.32. The van der Waals surface area contributed by atoms with Gasteiger partial charge in [-0.15, -0.1) is 11.8 Å². The maximum atomic E-state index is 12.9. The molecule has 0 aliphatic rings. The van der Waals surface area contributed by atoms with Crippen LogP contribution >= 0.6 is 23.4 Å². The number of halogens is 1. The summed E-state index contributed by atoms with van der Waals surface area (Å²) in [4.78, 5) is 13.9. The van der Waals surface area contributed by atoms with Crippen LogP contribution in [0.1, 0.15) is 18.9 Å². The number of carbonyl (C=O) groups is 1. The summed E-state index contributed by atoms with van der Waals surface area (Å²) in [5.41, 5.74) is 1.76. The van der Waals surface area contributed by atoms with E-state index in [-0.39, 0.29) is 5.91 Å². The first-order valence-electron chi connectivity index (χ1n) is 8.37. The van der Waals surface area contributed by atoms with Gasteiger partial charge < -0.3 is 5.32 Å². The van der Waals surface area contributed by atoms with Crippen LogP contribution in [0.3, 0.4) is 0 Å². The molecule has 146 valence electrons. The van der Waals surface area contributed by atoms with Gasteiger partial charge in [0.05, 0.1) is 11.9 Å². The molecule has 0 aliphatic carbocycles. The van der Waals surface area contributed by atoms with Crippen LogP contribution in [0.2, 0.25) is 5.02 Å². The van der Waals surface area contributed by atoms with Crippen LogP contribution in [-0.2, 0) is 14.8 Å². The fourth-order valence-electron chi connectivity index (χ4n) is 2.78. The summed E-state index contributed by atoms with van der Waals surface area (Å²) < 4.78 is 26.3. The third-order valence-electron chi connectivity index (χ3n) is 4.08. The lowest BCUT2D eigenvalue weighted by Gasteiger charge is -2.31. The maximum absolute atomic E-state index is 12.9. The highest BCUT2D eigenvalue weighted by atomic mass is 35.5. The lowest BCUT2D eigenvalue weighted by molar-refractivity contribution is -0.117. The second-order valence-corrected chi connectivity index (χ2v) is 9.31. The second kappa shape index (κ2) is 8.99. The number of amides is 1. The van der Waals surface area contributed by atoms with E-state index in [9.17, 15) is 13.2 Å². The van der Waals surface area contributed by atoms with Crippen LogP contribution in [-0.4, -0.2) is 32.9 Å². The number of nitrogens with zero attached hydrogens (tertiary/aromatic N) is 1. The van der Waals surface area contributed by atoms with Crippen molar-refractivity contribution >= 4 is 50.7 Å². The van der Waals surface area contributed by atoms with E-state index in [0.29, 0.717) is 22.8 Å². The first-order chi connectivity index (χ1) is 12.7. The van der Waals surface area contributed by atoms with Crippen molar-refractivity contribution in [2.24, 2.45) is 0 Å². The third-order valence-corrected chi connectivity index (χ3v) is 6.20. The predicted molar refractivity (Wildman–Crippen MR) is 114 cm³/mol. The molecule has 1 atom stereocenters. The lowest BCUT2D eigenvalue weighted by Crippen LogP contribution is -2.47. The van der Waals surface area contributed by atoms with Crippen molar-refractivity contribution < 1.29 is 13.2 Å². The largest absolute Gasteiger partial charge is 0.324 e. The normalized spacial score (nSPS) is 12.5. The molecule has 2 rings (SSSR count). The fourth-order valence-corrected chi connectivity index (χ4v) is 4.67. The van der Waals surface area contributed by atoms with Gasteiger partial charge in [-0.2, -0.15) is 0 Å². The Balaban J connectivity index is 2.43. The van der Waals surface area contributed by atoms with Crippen LogP contribution in [0.5, 0.6) is 0 Å². The quantitative estimate of drug-likeness (QED) is 0.659. The number of aryl methyl sites for hydroxylation is 1. The van der Waals surface area contributed by atoms with Gasteiger partial charge in [-0.25, -0.2) is 8.42 Å². The Morgan fingerprint density at radius 3 is 2.56 bits per heavy atom. The van der Waals surface area contributed by atoms with Gasteiger partial charge in [0.15, 0.2) is 0 Å². The van der Waals surface area contributed by atoms with Crippen LogP contribution in [0.4, 0.5) is 11.4 Å². The van der Waals surface area contributed by atoms with E-state index in [1.54, 1.807) is 49.9 Å². The SMILES string of the molecule is CC[C@@H](C(=O)Nc1cccc(SC)c1)N(c1cc(Cl)ccc1C)S(C)(=O)=O. The number of rotatable bonds is 7. The number of carbonyl (C=O) groups excluding carboxylic acids is 1. The topological polar surface area (TPSA) is 66.5 Å². The molecule has 0 bridgehead atoms. The molecule has 2 aromatic carbocycles. The Kier molecular flexibility index (Phi) is 7.19. The van der Waals surface area contributed by atoms with Gasteiger partial charge in [0.1, 0.15) is 6.04 Å². The van der Waals surface area contributed by atoms with E-state index in [1.165, 1.54) is 0 Å².